The molecule has 0 radical (unpaired) electrons. The Morgan fingerprint density at radius 2 is 1.20 bits per heavy atom. The first-order valence-electron chi connectivity index (χ1n) is 11.6. The summed E-state index contributed by atoms with van der Waals surface area (Å²) in [5, 5.41) is 22.1. The molecule has 0 bridgehead atoms. The molecule has 8 amide bonds. The number of nitrogens with zero attached hydrogens (tertiary/aromatic N) is 2. The third kappa shape index (κ3) is 5.65. The van der Waals surface area contributed by atoms with E-state index >= 15 is 0 Å². The Morgan fingerprint density at radius 3 is 1.73 bits per heavy atom. The predicted molar refractivity (Wildman–Crippen MR) is 139 cm³/mol. The van der Waals surface area contributed by atoms with Crippen molar-refractivity contribution >= 4 is 59.0 Å². The number of allylic oxidation sites excluding steroid dienone is 4. The number of urea groups is 2. The number of amides is 8. The Kier molecular flexibility index (Phi) is 7.66. The first-order valence-corrected chi connectivity index (χ1v) is 11.6. The molecule has 2 saturated heterocycles. The molecule has 1 atom stereocenters. The van der Waals surface area contributed by atoms with Crippen LogP contribution >= 0.6 is 0 Å². The molecule has 14 heteroatoms. The number of rotatable bonds is 7. The van der Waals surface area contributed by atoms with Crippen molar-refractivity contribution in [3.8, 4) is 0 Å². The van der Waals surface area contributed by atoms with Crippen LogP contribution in [0.1, 0.15) is 20.7 Å². The fourth-order valence-electron chi connectivity index (χ4n) is 3.81. The van der Waals surface area contributed by atoms with Crippen molar-refractivity contribution in [3.05, 3.63) is 95.6 Å². The molecular formula is C27H18N4O10. The summed E-state index contributed by atoms with van der Waals surface area (Å²) in [5.74, 6) is -7.57. The molecule has 2 fully saturated rings. The largest absolute Gasteiger partial charge is 0.478 e. The lowest BCUT2D eigenvalue weighted by Gasteiger charge is -2.28. The van der Waals surface area contributed by atoms with Crippen LogP contribution in [0.3, 0.4) is 0 Å². The van der Waals surface area contributed by atoms with E-state index < -0.39 is 59.1 Å². The lowest BCUT2D eigenvalue weighted by atomic mass is 10.0. The zero-order chi connectivity index (χ0) is 29.8. The van der Waals surface area contributed by atoms with Crippen molar-refractivity contribution in [1.82, 2.24) is 10.6 Å². The predicted octanol–water partition coefficient (Wildman–Crippen LogP) is 1.60. The minimum atomic E-state index is -1.43. The van der Waals surface area contributed by atoms with Gasteiger partial charge in [-0.05, 0) is 54.6 Å². The number of carboxylic acids is 2. The van der Waals surface area contributed by atoms with Crippen LogP contribution in [0.4, 0.5) is 21.0 Å². The topological polar surface area (TPSA) is 208 Å². The summed E-state index contributed by atoms with van der Waals surface area (Å²) in [6, 6.07) is 7.66. The molecule has 2 aliphatic rings. The number of benzene rings is 2. The fraction of sp³-hybridized carbons (Fsp3) is 0.0370. The van der Waals surface area contributed by atoms with E-state index in [2.05, 4.69) is 0 Å². The van der Waals surface area contributed by atoms with Gasteiger partial charge >= 0.3 is 24.0 Å². The molecule has 14 nitrogen and oxygen atoms in total. The number of carbonyl (C=O) groups excluding carboxylic acids is 6. The summed E-state index contributed by atoms with van der Waals surface area (Å²) in [5.41, 5.74) is -0.502. The second-order valence-corrected chi connectivity index (χ2v) is 8.40. The van der Waals surface area contributed by atoms with Crippen molar-refractivity contribution in [2.24, 2.45) is 5.92 Å². The molecule has 0 aliphatic carbocycles. The summed E-state index contributed by atoms with van der Waals surface area (Å²) in [6.45, 7) is 0. The number of anilines is 2. The number of aromatic carboxylic acids is 2. The summed E-state index contributed by atoms with van der Waals surface area (Å²) < 4.78 is 0. The standard InChI is InChI=1S/C27H18N4O10/c32-20-18(22(34)30(26(40)28-20)16-10-6-14(7-11-16)24(36)37)4-2-1-3-5-19-21(33)29-27(41)31(23(19)35)17-12-8-15(9-13-17)25(38)39/h1-13,18H,(H,36,37)(H,38,39)(H,28,32,40)(H,29,33,41)/b3-1+,4-2+,19-5-. The van der Waals surface area contributed by atoms with Gasteiger partial charge in [0.05, 0.1) is 22.5 Å². The Hall–Kier alpha value is -6.18. The van der Waals surface area contributed by atoms with Crippen LogP contribution in [-0.4, -0.2) is 57.8 Å². The van der Waals surface area contributed by atoms with Crippen molar-refractivity contribution in [1.29, 1.82) is 0 Å². The Balaban J connectivity index is 1.49. The molecule has 2 aromatic rings. The minimum Gasteiger partial charge on any atom is -0.478 e. The molecule has 0 saturated carbocycles. The van der Waals surface area contributed by atoms with E-state index in [0.29, 0.717) is 9.80 Å². The second kappa shape index (κ2) is 11.3. The highest BCUT2D eigenvalue weighted by Crippen LogP contribution is 2.23. The smallest absolute Gasteiger partial charge is 0.335 e. The van der Waals surface area contributed by atoms with Crippen LogP contribution in [0.2, 0.25) is 0 Å². The average Bonchev–Trinajstić information content (AvgIpc) is 2.92. The van der Waals surface area contributed by atoms with E-state index in [4.69, 9.17) is 10.2 Å². The molecule has 41 heavy (non-hydrogen) atoms. The Bertz CT molecular complexity index is 1600. The van der Waals surface area contributed by atoms with Crippen LogP contribution in [0.25, 0.3) is 0 Å². The van der Waals surface area contributed by atoms with Gasteiger partial charge in [-0.25, -0.2) is 29.0 Å². The van der Waals surface area contributed by atoms with Gasteiger partial charge in [-0.3, -0.25) is 29.8 Å². The first kappa shape index (κ1) is 27.8. The van der Waals surface area contributed by atoms with Gasteiger partial charge in [0.25, 0.3) is 17.7 Å². The Morgan fingerprint density at radius 1 is 0.683 bits per heavy atom. The maximum Gasteiger partial charge on any atom is 0.335 e. The summed E-state index contributed by atoms with van der Waals surface area (Å²) >= 11 is 0. The molecule has 4 N–H and O–H groups in total. The molecule has 0 spiro atoms. The molecular weight excluding hydrogens is 540 g/mol. The third-order valence-corrected chi connectivity index (χ3v) is 5.84. The normalized spacial score (nSPS) is 18.8. The number of imide groups is 4. The zero-order valence-corrected chi connectivity index (χ0v) is 20.6. The van der Waals surface area contributed by atoms with E-state index in [1.807, 2.05) is 10.6 Å². The van der Waals surface area contributed by atoms with Crippen molar-refractivity contribution in [2.45, 2.75) is 0 Å². The van der Waals surface area contributed by atoms with Crippen molar-refractivity contribution in [3.63, 3.8) is 0 Å². The summed E-state index contributed by atoms with van der Waals surface area (Å²) in [7, 11) is 0. The van der Waals surface area contributed by atoms with Crippen LogP contribution < -0.4 is 20.4 Å². The van der Waals surface area contributed by atoms with Gasteiger partial charge in [-0.1, -0.05) is 24.3 Å². The zero-order valence-electron chi connectivity index (χ0n) is 20.6. The van der Waals surface area contributed by atoms with Gasteiger partial charge in [0, 0.05) is 0 Å². The maximum absolute atomic E-state index is 12.9. The van der Waals surface area contributed by atoms with Gasteiger partial charge < -0.3 is 10.2 Å². The Labute approximate surface area is 229 Å². The van der Waals surface area contributed by atoms with E-state index in [1.54, 1.807) is 0 Å². The molecule has 1 unspecified atom stereocenters. The lowest BCUT2D eigenvalue weighted by molar-refractivity contribution is -0.132. The highest BCUT2D eigenvalue weighted by molar-refractivity contribution is 6.37. The third-order valence-electron chi connectivity index (χ3n) is 5.84. The number of carbonyl (C=O) groups is 8. The average molecular weight is 558 g/mol. The number of carboxylic acid groups (broad SMARTS) is 2. The maximum atomic E-state index is 12.9. The lowest BCUT2D eigenvalue weighted by Crippen LogP contribution is -2.57. The fourth-order valence-corrected chi connectivity index (χ4v) is 3.81. The number of nitrogens with one attached hydrogen (secondary N) is 2. The first-order chi connectivity index (χ1) is 19.5. The quantitative estimate of drug-likeness (QED) is 0.167. The number of hydrogen-bond donors (Lipinski definition) is 4. The highest BCUT2D eigenvalue weighted by Gasteiger charge is 2.40. The number of barbiturate groups is 2. The van der Waals surface area contributed by atoms with Gasteiger partial charge in [0.2, 0.25) is 5.91 Å². The monoisotopic (exact) mass is 558 g/mol. The van der Waals surface area contributed by atoms with E-state index in [1.165, 1.54) is 72.8 Å². The van der Waals surface area contributed by atoms with Crippen LogP contribution in [0, 0.1) is 5.92 Å². The van der Waals surface area contributed by atoms with Gasteiger partial charge in [-0.2, -0.15) is 0 Å². The molecule has 2 heterocycles. The van der Waals surface area contributed by atoms with Crippen LogP contribution in [0.5, 0.6) is 0 Å². The van der Waals surface area contributed by atoms with E-state index in [0.717, 1.165) is 6.08 Å². The van der Waals surface area contributed by atoms with Crippen LogP contribution in [0.15, 0.2) is 84.5 Å². The molecule has 2 aliphatic heterocycles. The van der Waals surface area contributed by atoms with E-state index in [9.17, 15) is 38.4 Å². The highest BCUT2D eigenvalue weighted by atomic mass is 16.4. The molecule has 206 valence electrons. The van der Waals surface area contributed by atoms with Gasteiger partial charge in [0.1, 0.15) is 11.5 Å². The van der Waals surface area contributed by atoms with Gasteiger partial charge in [-0.15, -0.1) is 0 Å². The molecule has 4 rings (SSSR count). The summed E-state index contributed by atoms with van der Waals surface area (Å²) in [6.07, 6.45) is 6.05. The summed E-state index contributed by atoms with van der Waals surface area (Å²) in [4.78, 5) is 98.3. The van der Waals surface area contributed by atoms with E-state index in [-0.39, 0.29) is 22.5 Å². The van der Waals surface area contributed by atoms with Gasteiger partial charge in [0.15, 0.2) is 0 Å². The molecule has 2 aromatic carbocycles. The van der Waals surface area contributed by atoms with Crippen molar-refractivity contribution in [2.75, 3.05) is 9.80 Å². The SMILES string of the molecule is O=C1NC(=O)N(c2ccc(C(=O)O)cc2)C(=O)\C1=C/C=C/C=C/C1C(=O)NC(=O)N(c2ccc(C(=O)O)cc2)C1=O. The number of hydrogen-bond acceptors (Lipinski definition) is 8. The van der Waals surface area contributed by atoms with Crippen LogP contribution in [-0.2, 0) is 19.2 Å². The van der Waals surface area contributed by atoms with Crippen molar-refractivity contribution < 1.29 is 48.6 Å². The minimum absolute atomic E-state index is 0.0262. The second-order valence-electron chi connectivity index (χ2n) is 8.40. The molecule has 0 aromatic heterocycles.